The lowest BCUT2D eigenvalue weighted by molar-refractivity contribution is -0.385. The Bertz CT molecular complexity index is 388. The van der Waals surface area contributed by atoms with Crippen LogP contribution in [0.2, 0.25) is 0 Å². The zero-order valence-corrected chi connectivity index (χ0v) is 8.93. The van der Waals surface area contributed by atoms with E-state index in [1.54, 1.807) is 0 Å². The van der Waals surface area contributed by atoms with Crippen LogP contribution in [-0.2, 0) is 0 Å². The summed E-state index contributed by atoms with van der Waals surface area (Å²) in [5.74, 6) is 0.267. The smallest absolute Gasteiger partial charge is 0.320 e. The highest BCUT2D eigenvalue weighted by molar-refractivity contribution is 5.88. The minimum Gasteiger partial charge on any atom is -0.336 e. The second-order valence-electron chi connectivity index (χ2n) is 3.41. The van der Waals surface area contributed by atoms with Gasteiger partial charge in [-0.1, -0.05) is 0 Å². The number of amides is 2. The average Bonchev–Trinajstić information content (AvgIpc) is 2.16. The van der Waals surface area contributed by atoms with E-state index >= 15 is 0 Å². The van der Waals surface area contributed by atoms with Crippen molar-refractivity contribution in [2.24, 2.45) is 0 Å². The Labute approximate surface area is 92.0 Å². The van der Waals surface area contributed by atoms with Gasteiger partial charge in [-0.15, -0.1) is 0 Å². The van der Waals surface area contributed by atoms with Crippen molar-refractivity contribution in [3.05, 3.63) is 28.4 Å². The van der Waals surface area contributed by atoms with Crippen LogP contribution in [0.1, 0.15) is 13.8 Å². The molecule has 86 valence electrons. The van der Waals surface area contributed by atoms with Crippen LogP contribution in [-0.4, -0.2) is 22.0 Å². The predicted molar refractivity (Wildman–Crippen MR) is 58.2 cm³/mol. The minimum atomic E-state index is -0.551. The van der Waals surface area contributed by atoms with Gasteiger partial charge in [0, 0.05) is 12.1 Å². The predicted octanol–water partition coefficient (Wildman–Crippen LogP) is 1.52. The van der Waals surface area contributed by atoms with Crippen LogP contribution >= 0.6 is 0 Å². The van der Waals surface area contributed by atoms with Crippen molar-refractivity contribution in [1.29, 1.82) is 0 Å². The van der Waals surface area contributed by atoms with Gasteiger partial charge in [0.15, 0.2) is 0 Å². The number of urea groups is 1. The van der Waals surface area contributed by atoms with Crippen LogP contribution in [0.4, 0.5) is 16.3 Å². The summed E-state index contributed by atoms with van der Waals surface area (Å²) < 4.78 is 0. The molecule has 2 amide bonds. The third-order valence-corrected chi connectivity index (χ3v) is 1.62. The molecule has 0 unspecified atom stereocenters. The van der Waals surface area contributed by atoms with Crippen molar-refractivity contribution >= 4 is 17.5 Å². The molecule has 1 heterocycles. The Morgan fingerprint density at radius 2 is 2.19 bits per heavy atom. The van der Waals surface area contributed by atoms with Gasteiger partial charge in [0.05, 0.1) is 4.92 Å². The van der Waals surface area contributed by atoms with E-state index in [1.807, 2.05) is 13.8 Å². The number of carbonyl (C=O) groups is 1. The van der Waals surface area contributed by atoms with E-state index < -0.39 is 11.0 Å². The first kappa shape index (κ1) is 11.9. The molecule has 0 bridgehead atoms. The highest BCUT2D eigenvalue weighted by Gasteiger charge is 2.07. The number of hydrogen-bond acceptors (Lipinski definition) is 4. The van der Waals surface area contributed by atoms with E-state index in [2.05, 4.69) is 15.6 Å². The summed E-state index contributed by atoms with van der Waals surface area (Å²) in [7, 11) is 0. The summed E-state index contributed by atoms with van der Waals surface area (Å²) in [6.45, 7) is 3.64. The zero-order chi connectivity index (χ0) is 12.1. The first-order valence-corrected chi connectivity index (χ1v) is 4.67. The van der Waals surface area contributed by atoms with Crippen molar-refractivity contribution in [2.75, 3.05) is 5.32 Å². The first-order chi connectivity index (χ1) is 7.49. The number of nitrogens with zero attached hydrogens (tertiary/aromatic N) is 2. The summed E-state index contributed by atoms with van der Waals surface area (Å²) in [6.07, 6.45) is 1.09. The molecule has 7 heteroatoms. The Morgan fingerprint density at radius 3 is 2.62 bits per heavy atom. The lowest BCUT2D eigenvalue weighted by atomic mass is 10.4. The topological polar surface area (TPSA) is 97.2 Å². The summed E-state index contributed by atoms with van der Waals surface area (Å²) >= 11 is 0. The maximum Gasteiger partial charge on any atom is 0.320 e. The number of anilines is 1. The molecule has 0 aromatic carbocycles. The molecule has 1 aromatic heterocycles. The van der Waals surface area contributed by atoms with Gasteiger partial charge in [-0.05, 0) is 19.9 Å². The Balaban J connectivity index is 2.62. The van der Waals surface area contributed by atoms with Gasteiger partial charge in [-0.25, -0.2) is 9.78 Å². The Kier molecular flexibility index (Phi) is 3.76. The van der Waals surface area contributed by atoms with Crippen molar-refractivity contribution in [1.82, 2.24) is 10.3 Å². The maximum atomic E-state index is 11.2. The van der Waals surface area contributed by atoms with Crippen molar-refractivity contribution in [2.45, 2.75) is 19.9 Å². The fourth-order valence-corrected chi connectivity index (χ4v) is 0.983. The zero-order valence-electron chi connectivity index (χ0n) is 8.93. The molecule has 0 spiro atoms. The average molecular weight is 224 g/mol. The molecule has 0 fully saturated rings. The number of aromatic nitrogens is 1. The highest BCUT2D eigenvalue weighted by Crippen LogP contribution is 2.11. The molecule has 1 rings (SSSR count). The SMILES string of the molecule is CC(C)NC(=O)Nc1ccc([N+](=O)[O-])cn1. The Morgan fingerprint density at radius 1 is 1.50 bits per heavy atom. The fourth-order valence-electron chi connectivity index (χ4n) is 0.983. The van der Waals surface area contributed by atoms with Crippen LogP contribution in [0, 0.1) is 10.1 Å². The van der Waals surface area contributed by atoms with Crippen molar-refractivity contribution in [3.8, 4) is 0 Å². The fraction of sp³-hybridized carbons (Fsp3) is 0.333. The largest absolute Gasteiger partial charge is 0.336 e. The van der Waals surface area contributed by atoms with E-state index in [4.69, 9.17) is 0 Å². The van der Waals surface area contributed by atoms with Gasteiger partial charge >= 0.3 is 6.03 Å². The molecule has 1 aromatic rings. The normalized spacial score (nSPS) is 9.94. The quantitative estimate of drug-likeness (QED) is 0.600. The van der Waals surface area contributed by atoms with Gasteiger partial charge in [-0.2, -0.15) is 0 Å². The van der Waals surface area contributed by atoms with E-state index in [9.17, 15) is 14.9 Å². The monoisotopic (exact) mass is 224 g/mol. The van der Waals surface area contributed by atoms with Gasteiger partial charge in [0.2, 0.25) is 0 Å². The molecule has 16 heavy (non-hydrogen) atoms. The van der Waals surface area contributed by atoms with Crippen molar-refractivity contribution < 1.29 is 9.72 Å². The van der Waals surface area contributed by atoms with Crippen LogP contribution in [0.25, 0.3) is 0 Å². The molecule has 0 atom stereocenters. The molecular formula is C9H12N4O3. The molecule has 0 radical (unpaired) electrons. The highest BCUT2D eigenvalue weighted by atomic mass is 16.6. The standard InChI is InChI=1S/C9H12N4O3/c1-6(2)11-9(14)12-8-4-3-7(5-10-8)13(15)16/h3-6H,1-2H3,(H2,10,11,12,14). The number of carbonyl (C=O) groups excluding carboxylic acids is 1. The Hall–Kier alpha value is -2.18. The molecule has 0 aliphatic rings. The van der Waals surface area contributed by atoms with Gasteiger partial charge in [-0.3, -0.25) is 15.4 Å². The van der Waals surface area contributed by atoms with Gasteiger partial charge in [0.1, 0.15) is 12.0 Å². The third kappa shape index (κ3) is 3.52. The van der Waals surface area contributed by atoms with Gasteiger partial charge < -0.3 is 5.32 Å². The van der Waals surface area contributed by atoms with Crippen LogP contribution in [0.3, 0.4) is 0 Å². The number of nitrogens with one attached hydrogen (secondary N) is 2. The summed E-state index contributed by atoms with van der Waals surface area (Å²) in [5.41, 5.74) is -0.116. The minimum absolute atomic E-state index is 0.0121. The van der Waals surface area contributed by atoms with Crippen molar-refractivity contribution in [3.63, 3.8) is 0 Å². The van der Waals surface area contributed by atoms with Crippen LogP contribution in [0.5, 0.6) is 0 Å². The summed E-state index contributed by atoms with van der Waals surface area (Å²) in [5, 5.41) is 15.4. The van der Waals surface area contributed by atoms with E-state index in [0.717, 1.165) is 6.20 Å². The summed E-state index contributed by atoms with van der Waals surface area (Å²) in [4.78, 5) is 24.8. The lowest BCUT2D eigenvalue weighted by Crippen LogP contribution is -2.34. The lowest BCUT2D eigenvalue weighted by Gasteiger charge is -2.08. The van der Waals surface area contributed by atoms with E-state index in [0.29, 0.717) is 0 Å². The first-order valence-electron chi connectivity index (χ1n) is 4.67. The molecular weight excluding hydrogens is 212 g/mol. The molecule has 2 N–H and O–H groups in total. The molecule has 0 saturated carbocycles. The third-order valence-electron chi connectivity index (χ3n) is 1.62. The molecule has 0 aliphatic carbocycles. The number of pyridine rings is 1. The maximum absolute atomic E-state index is 11.2. The molecule has 0 aliphatic heterocycles. The van der Waals surface area contributed by atoms with E-state index in [1.165, 1.54) is 12.1 Å². The second kappa shape index (κ2) is 5.06. The summed E-state index contributed by atoms with van der Waals surface area (Å²) in [6, 6.07) is 2.27. The van der Waals surface area contributed by atoms with E-state index in [-0.39, 0.29) is 17.5 Å². The number of hydrogen-bond donors (Lipinski definition) is 2. The second-order valence-corrected chi connectivity index (χ2v) is 3.41. The number of rotatable bonds is 3. The number of nitro groups is 1. The van der Waals surface area contributed by atoms with Gasteiger partial charge in [0.25, 0.3) is 5.69 Å². The molecule has 0 saturated heterocycles. The van der Waals surface area contributed by atoms with Crippen LogP contribution < -0.4 is 10.6 Å². The molecule has 7 nitrogen and oxygen atoms in total. The van der Waals surface area contributed by atoms with Crippen LogP contribution in [0.15, 0.2) is 18.3 Å².